The first-order valence-electron chi connectivity index (χ1n) is 5.57. The lowest BCUT2D eigenvalue weighted by molar-refractivity contribution is -0.384. The van der Waals surface area contributed by atoms with Crippen molar-refractivity contribution in [2.24, 2.45) is 5.73 Å². The maximum absolute atomic E-state index is 11.0. The van der Waals surface area contributed by atoms with E-state index in [2.05, 4.69) is 10.1 Å². The Morgan fingerprint density at radius 1 is 1.58 bits per heavy atom. The zero-order valence-corrected chi connectivity index (χ0v) is 10.5. The molecule has 0 aliphatic carbocycles. The van der Waals surface area contributed by atoms with Crippen LogP contribution in [0.1, 0.15) is 5.56 Å². The summed E-state index contributed by atoms with van der Waals surface area (Å²) in [5.74, 6) is -0.520. The quantitative estimate of drug-likeness (QED) is 0.346. The van der Waals surface area contributed by atoms with E-state index < -0.39 is 10.9 Å². The number of benzene rings is 1. The second-order valence-electron chi connectivity index (χ2n) is 3.61. The van der Waals surface area contributed by atoms with Gasteiger partial charge in [-0.15, -0.1) is 0 Å². The summed E-state index contributed by atoms with van der Waals surface area (Å²) in [5, 5.41) is 13.8. The Morgan fingerprint density at radius 3 is 2.89 bits per heavy atom. The monoisotopic (exact) mass is 265 g/mol. The van der Waals surface area contributed by atoms with E-state index in [1.165, 1.54) is 25.3 Å². The summed E-state index contributed by atoms with van der Waals surface area (Å²) in [7, 11) is 1.26. The molecule has 1 rings (SSSR count). The molecule has 7 nitrogen and oxygen atoms in total. The number of hydrogen-bond donors (Lipinski definition) is 2. The topological polar surface area (TPSA) is 107 Å². The fourth-order valence-corrected chi connectivity index (χ4v) is 1.39. The van der Waals surface area contributed by atoms with E-state index in [4.69, 9.17) is 5.73 Å². The summed E-state index contributed by atoms with van der Waals surface area (Å²) in [4.78, 5) is 21.4. The molecular weight excluding hydrogens is 250 g/mol. The van der Waals surface area contributed by atoms with Crippen molar-refractivity contribution in [3.8, 4) is 0 Å². The average molecular weight is 265 g/mol. The van der Waals surface area contributed by atoms with E-state index >= 15 is 0 Å². The number of anilines is 1. The lowest BCUT2D eigenvalue weighted by Gasteiger charge is -2.06. The van der Waals surface area contributed by atoms with Gasteiger partial charge >= 0.3 is 5.97 Å². The van der Waals surface area contributed by atoms with Gasteiger partial charge in [-0.2, -0.15) is 0 Å². The number of hydrogen-bond acceptors (Lipinski definition) is 6. The van der Waals surface area contributed by atoms with Crippen LogP contribution < -0.4 is 11.1 Å². The third-order valence-corrected chi connectivity index (χ3v) is 2.29. The SMILES string of the molecule is COC(=O)/C=C/c1ccc(NCCN)c([N+](=O)[O-])c1. The van der Waals surface area contributed by atoms with Crippen molar-refractivity contribution in [2.45, 2.75) is 0 Å². The Hall–Kier alpha value is -2.41. The molecule has 0 unspecified atom stereocenters. The van der Waals surface area contributed by atoms with Crippen LogP contribution in [-0.4, -0.2) is 31.1 Å². The first kappa shape index (κ1) is 14.7. The highest BCUT2D eigenvalue weighted by molar-refractivity contribution is 5.87. The third-order valence-electron chi connectivity index (χ3n) is 2.29. The van der Waals surface area contributed by atoms with Crippen molar-refractivity contribution in [3.63, 3.8) is 0 Å². The number of rotatable bonds is 6. The minimum atomic E-state index is -0.520. The van der Waals surface area contributed by atoms with Gasteiger partial charge in [-0.25, -0.2) is 4.79 Å². The predicted molar refractivity (Wildman–Crippen MR) is 71.7 cm³/mol. The Morgan fingerprint density at radius 2 is 2.32 bits per heavy atom. The number of nitrogens with one attached hydrogen (secondary N) is 1. The van der Waals surface area contributed by atoms with Crippen LogP contribution in [0.3, 0.4) is 0 Å². The molecule has 1 aromatic carbocycles. The predicted octanol–water partition coefficient (Wildman–Crippen LogP) is 1.15. The summed E-state index contributed by atoms with van der Waals surface area (Å²) in [5.41, 5.74) is 6.20. The average Bonchev–Trinajstić information content (AvgIpc) is 2.42. The van der Waals surface area contributed by atoms with Gasteiger partial charge in [0.2, 0.25) is 0 Å². The highest BCUT2D eigenvalue weighted by Crippen LogP contribution is 2.25. The van der Waals surface area contributed by atoms with Crippen LogP contribution in [0.4, 0.5) is 11.4 Å². The molecular formula is C12H15N3O4. The number of nitro groups is 1. The zero-order chi connectivity index (χ0) is 14.3. The van der Waals surface area contributed by atoms with E-state index in [0.717, 1.165) is 0 Å². The molecule has 0 bridgehead atoms. The van der Waals surface area contributed by atoms with Gasteiger partial charge in [-0.3, -0.25) is 10.1 Å². The van der Waals surface area contributed by atoms with Crippen molar-refractivity contribution >= 4 is 23.4 Å². The van der Waals surface area contributed by atoms with E-state index in [1.54, 1.807) is 12.1 Å². The Kier molecular flexibility index (Phi) is 5.49. The summed E-state index contributed by atoms with van der Waals surface area (Å²) in [6, 6.07) is 4.61. The highest BCUT2D eigenvalue weighted by Gasteiger charge is 2.13. The molecule has 102 valence electrons. The van der Waals surface area contributed by atoms with Crippen molar-refractivity contribution in [3.05, 3.63) is 40.0 Å². The molecule has 1 aromatic rings. The molecule has 0 saturated carbocycles. The van der Waals surface area contributed by atoms with Gasteiger partial charge in [0.15, 0.2) is 0 Å². The van der Waals surface area contributed by atoms with Crippen LogP contribution in [0.15, 0.2) is 24.3 Å². The standard InChI is InChI=1S/C12H15N3O4/c1-19-12(16)5-3-9-2-4-10(14-7-6-13)11(8-9)15(17)18/h2-5,8,14H,6-7,13H2,1H3/b5-3+. The second kappa shape index (κ2) is 7.12. The minimum Gasteiger partial charge on any atom is -0.466 e. The largest absolute Gasteiger partial charge is 0.466 e. The Labute approximate surface area is 110 Å². The number of carbonyl (C=O) groups is 1. The normalized spacial score (nSPS) is 10.4. The maximum atomic E-state index is 11.0. The Balaban J connectivity index is 2.98. The molecule has 0 amide bonds. The van der Waals surface area contributed by atoms with Crippen LogP contribution in [0.5, 0.6) is 0 Å². The van der Waals surface area contributed by atoms with Crippen LogP contribution in [0.25, 0.3) is 6.08 Å². The molecule has 0 saturated heterocycles. The lowest BCUT2D eigenvalue weighted by Crippen LogP contribution is -2.13. The van der Waals surface area contributed by atoms with Gasteiger partial charge in [0, 0.05) is 25.2 Å². The number of methoxy groups -OCH3 is 1. The van der Waals surface area contributed by atoms with Crippen molar-refractivity contribution in [1.29, 1.82) is 0 Å². The van der Waals surface area contributed by atoms with Crippen molar-refractivity contribution < 1.29 is 14.5 Å². The fraction of sp³-hybridized carbons (Fsp3) is 0.250. The first-order valence-corrected chi connectivity index (χ1v) is 5.57. The summed E-state index contributed by atoms with van der Waals surface area (Å²) < 4.78 is 4.44. The molecule has 3 N–H and O–H groups in total. The molecule has 0 atom stereocenters. The molecule has 0 radical (unpaired) electrons. The smallest absolute Gasteiger partial charge is 0.330 e. The van der Waals surface area contributed by atoms with Crippen LogP contribution >= 0.6 is 0 Å². The summed E-state index contributed by atoms with van der Waals surface area (Å²) >= 11 is 0. The molecule has 0 heterocycles. The van der Waals surface area contributed by atoms with Gasteiger partial charge in [0.05, 0.1) is 12.0 Å². The molecule has 0 aromatic heterocycles. The van der Waals surface area contributed by atoms with Gasteiger partial charge in [-0.1, -0.05) is 6.07 Å². The highest BCUT2D eigenvalue weighted by atomic mass is 16.6. The van der Waals surface area contributed by atoms with Gasteiger partial charge in [-0.05, 0) is 17.7 Å². The van der Waals surface area contributed by atoms with Gasteiger partial charge < -0.3 is 15.8 Å². The van der Waals surface area contributed by atoms with Crippen LogP contribution in [0.2, 0.25) is 0 Å². The molecule has 7 heteroatoms. The fourth-order valence-electron chi connectivity index (χ4n) is 1.39. The molecule has 0 fully saturated rings. The van der Waals surface area contributed by atoms with E-state index in [1.807, 2.05) is 0 Å². The third kappa shape index (κ3) is 4.40. The number of nitro benzene ring substituents is 1. The van der Waals surface area contributed by atoms with Gasteiger partial charge in [0.1, 0.15) is 5.69 Å². The van der Waals surface area contributed by atoms with E-state index in [9.17, 15) is 14.9 Å². The van der Waals surface area contributed by atoms with E-state index in [-0.39, 0.29) is 5.69 Å². The molecule has 0 aliphatic heterocycles. The zero-order valence-electron chi connectivity index (χ0n) is 10.5. The summed E-state index contributed by atoms with van der Waals surface area (Å²) in [6.07, 6.45) is 2.65. The first-order chi connectivity index (χ1) is 9.08. The summed E-state index contributed by atoms with van der Waals surface area (Å²) in [6.45, 7) is 0.819. The Bertz CT molecular complexity index is 500. The second-order valence-corrected chi connectivity index (χ2v) is 3.61. The number of carbonyl (C=O) groups excluding carboxylic acids is 1. The van der Waals surface area contributed by atoms with Crippen molar-refractivity contribution in [2.75, 3.05) is 25.5 Å². The van der Waals surface area contributed by atoms with Crippen LogP contribution in [0, 0.1) is 10.1 Å². The number of esters is 1. The van der Waals surface area contributed by atoms with Crippen molar-refractivity contribution in [1.82, 2.24) is 0 Å². The van der Waals surface area contributed by atoms with Crippen LogP contribution in [-0.2, 0) is 9.53 Å². The molecule has 0 spiro atoms. The number of ether oxygens (including phenoxy) is 1. The molecule has 0 aliphatic rings. The lowest BCUT2D eigenvalue weighted by atomic mass is 10.1. The number of nitrogens with zero attached hydrogens (tertiary/aromatic N) is 1. The van der Waals surface area contributed by atoms with E-state index in [0.29, 0.717) is 24.3 Å². The molecule has 19 heavy (non-hydrogen) atoms. The number of nitrogens with two attached hydrogens (primary N) is 1. The minimum absolute atomic E-state index is 0.0690. The maximum Gasteiger partial charge on any atom is 0.330 e. The van der Waals surface area contributed by atoms with Gasteiger partial charge in [0.25, 0.3) is 5.69 Å².